The zero-order valence-corrected chi connectivity index (χ0v) is 6.01. The number of hydrogen-bond acceptors (Lipinski definition) is 2. The molecule has 0 rings (SSSR count). The van der Waals surface area contributed by atoms with Gasteiger partial charge in [0.15, 0.2) is 6.19 Å². The van der Waals surface area contributed by atoms with Gasteiger partial charge in [0, 0.05) is 6.19 Å². The zero-order chi connectivity index (χ0) is 5.91. The molecule has 0 fully saturated rings. The fraction of sp³-hybridized carbons (Fsp3) is 0.667. The van der Waals surface area contributed by atoms with Gasteiger partial charge in [-0.05, 0) is 13.3 Å². The summed E-state index contributed by atoms with van der Waals surface area (Å²) in [5.41, 5.74) is 0. The van der Waals surface area contributed by atoms with E-state index in [1.807, 2.05) is 13.3 Å². The molecule has 0 spiro atoms. The van der Waals surface area contributed by atoms with Crippen LogP contribution in [0.25, 0.3) is 0 Å². The predicted molar refractivity (Wildman–Crippen MR) is 34.9 cm³/mol. The summed E-state index contributed by atoms with van der Waals surface area (Å²) in [4.78, 5) is 0. The van der Waals surface area contributed by atoms with Crippen LogP contribution in [0.15, 0.2) is 0 Å². The molecule has 0 saturated carbocycles. The monoisotopic (exact) mass is 134 g/mol. The van der Waals surface area contributed by atoms with Crippen molar-refractivity contribution in [2.24, 2.45) is 0 Å². The third-order valence-corrected chi connectivity index (χ3v) is 1.23. The Morgan fingerprint density at radius 1 is 1.71 bits per heavy atom. The van der Waals surface area contributed by atoms with E-state index in [9.17, 15) is 0 Å². The smallest absolute Gasteiger partial charge is 0.180 e. The second-order valence-corrected chi connectivity index (χ2v) is 7.24. The maximum atomic E-state index is 8.00. The molecule has 0 aromatic rings. The average Bonchev–Trinajstić information content (AvgIpc) is 1.30. The molecular weight excluding hydrogens is 127 g/mol. The van der Waals surface area contributed by atoms with E-state index in [0.717, 1.165) is 0 Å². The molecule has 0 amide bonds. The molecule has 0 aromatic heterocycles. The zero-order valence-electron chi connectivity index (χ0n) is 4.30. The predicted octanol–water partition coefficient (Wildman–Crippen LogP) is 0.711. The quantitative estimate of drug-likeness (QED) is 0.326. The normalized spacial score (nSPS) is 9.86. The van der Waals surface area contributed by atoms with Gasteiger partial charge in [-0.25, -0.2) is 0 Å². The first-order chi connectivity index (χ1) is 3.06. The molecule has 0 aliphatic carbocycles. The van der Waals surface area contributed by atoms with Gasteiger partial charge in [0.05, 0.1) is 0 Å². The molecule has 7 heavy (non-hydrogen) atoms. The first kappa shape index (κ1) is 6.94. The van der Waals surface area contributed by atoms with Gasteiger partial charge in [-0.2, -0.15) is 5.26 Å². The van der Waals surface area contributed by atoms with Gasteiger partial charge >= 0.3 is 0 Å². The summed E-state index contributed by atoms with van der Waals surface area (Å²) in [6.07, 6.45) is 0.359. The number of nitrogens with zero attached hydrogens (tertiary/aromatic N) is 1. The van der Waals surface area contributed by atoms with E-state index in [-0.39, 0.29) is 0 Å². The molecule has 1 N–H and O–H groups in total. The second kappa shape index (κ2) is 2.30. The molecule has 0 saturated heterocycles. The van der Waals surface area contributed by atoms with Crippen molar-refractivity contribution >= 4 is 18.0 Å². The van der Waals surface area contributed by atoms with E-state index < -0.39 is 6.19 Å². The van der Waals surface area contributed by atoms with E-state index >= 15 is 0 Å². The summed E-state index contributed by atoms with van der Waals surface area (Å²) >= 11 is 4.86. The molecule has 0 aliphatic heterocycles. The van der Waals surface area contributed by atoms with Gasteiger partial charge in [-0.3, -0.25) is 5.09 Å². The van der Waals surface area contributed by atoms with Gasteiger partial charge < -0.3 is 0 Å². The van der Waals surface area contributed by atoms with Crippen LogP contribution in [-0.2, 0) is 11.8 Å². The minimum Gasteiger partial charge on any atom is -0.295 e. The summed E-state index contributed by atoms with van der Waals surface area (Å²) in [5, 5.41) is 10.5. The first-order valence-electron chi connectivity index (χ1n) is 1.77. The van der Waals surface area contributed by atoms with Crippen molar-refractivity contribution < 1.29 is 0 Å². The van der Waals surface area contributed by atoms with Crippen LogP contribution >= 0.6 is 6.19 Å². The van der Waals surface area contributed by atoms with Gasteiger partial charge in [0.1, 0.15) is 0 Å². The van der Waals surface area contributed by atoms with Crippen molar-refractivity contribution in [3.8, 4) is 6.19 Å². The molecule has 0 radical (unpaired) electrons. The van der Waals surface area contributed by atoms with E-state index in [4.69, 9.17) is 17.1 Å². The lowest BCUT2D eigenvalue weighted by molar-refractivity contribution is 1.34. The van der Waals surface area contributed by atoms with Crippen LogP contribution in [0.1, 0.15) is 0 Å². The van der Waals surface area contributed by atoms with Crippen molar-refractivity contribution in [3.05, 3.63) is 0 Å². The van der Waals surface area contributed by atoms with Crippen LogP contribution in [0.4, 0.5) is 0 Å². The van der Waals surface area contributed by atoms with Crippen molar-refractivity contribution in [1.82, 2.24) is 5.09 Å². The maximum absolute atomic E-state index is 8.00. The molecule has 0 aliphatic rings. The third kappa shape index (κ3) is 5.94. The highest BCUT2D eigenvalue weighted by Gasteiger charge is 1.94. The Morgan fingerprint density at radius 3 is 2.14 bits per heavy atom. The fourth-order valence-electron chi connectivity index (χ4n) is 0.120. The lowest BCUT2D eigenvalue weighted by Gasteiger charge is -2.02. The van der Waals surface area contributed by atoms with Crippen molar-refractivity contribution in [1.29, 1.82) is 5.26 Å². The van der Waals surface area contributed by atoms with E-state index in [0.29, 0.717) is 0 Å². The Bertz CT molecular complexity index is 130. The highest BCUT2D eigenvalue weighted by Crippen LogP contribution is 2.28. The molecule has 40 valence electrons. The van der Waals surface area contributed by atoms with Crippen LogP contribution in [-0.4, -0.2) is 13.3 Å². The van der Waals surface area contributed by atoms with E-state index in [1.54, 1.807) is 6.19 Å². The molecule has 0 atom stereocenters. The second-order valence-electron chi connectivity index (χ2n) is 1.57. The summed E-state index contributed by atoms with van der Waals surface area (Å²) in [7, 11) is 0. The van der Waals surface area contributed by atoms with Crippen LogP contribution in [0.2, 0.25) is 0 Å². The number of hydrogen-bond donors (Lipinski definition) is 1. The van der Waals surface area contributed by atoms with Crippen LogP contribution in [0, 0.1) is 11.5 Å². The third-order valence-electron chi connectivity index (χ3n) is 0.319. The molecule has 0 aromatic carbocycles. The number of nitriles is 1. The molecule has 0 bridgehead atoms. The van der Waals surface area contributed by atoms with Gasteiger partial charge in [-0.15, -0.1) is 0 Å². The topological polar surface area (TPSA) is 35.8 Å². The Kier molecular flexibility index (Phi) is 2.28. The van der Waals surface area contributed by atoms with Gasteiger partial charge in [-0.1, -0.05) is 11.8 Å². The lowest BCUT2D eigenvalue weighted by Crippen LogP contribution is -1.96. The van der Waals surface area contributed by atoms with Crippen molar-refractivity contribution in [2.45, 2.75) is 0 Å². The van der Waals surface area contributed by atoms with Crippen LogP contribution in [0.3, 0.4) is 0 Å². The minimum absolute atomic E-state index is 1.44. The molecule has 4 heteroatoms. The summed E-state index contributed by atoms with van der Waals surface area (Å²) in [6, 6.07) is 0. The van der Waals surface area contributed by atoms with E-state index in [2.05, 4.69) is 5.09 Å². The molecule has 0 unspecified atom stereocenters. The fourth-order valence-corrected chi connectivity index (χ4v) is 0.484. The Hall–Kier alpha value is -0.0600. The highest BCUT2D eigenvalue weighted by molar-refractivity contribution is 8.13. The standard InChI is InChI=1S/C3H7N2PS/c1-6(2,7)5-3-4/h1-2H3,(H,5,7). The Labute approximate surface area is 48.6 Å². The van der Waals surface area contributed by atoms with Crippen molar-refractivity contribution in [3.63, 3.8) is 0 Å². The van der Waals surface area contributed by atoms with E-state index in [1.165, 1.54) is 0 Å². The first-order valence-corrected chi connectivity index (χ1v) is 5.47. The highest BCUT2D eigenvalue weighted by atomic mass is 32.4. The molecule has 2 nitrogen and oxygen atoms in total. The van der Waals surface area contributed by atoms with Gasteiger partial charge in [0.25, 0.3) is 0 Å². The Morgan fingerprint density at radius 2 is 2.14 bits per heavy atom. The number of nitrogens with one attached hydrogen (secondary N) is 1. The maximum Gasteiger partial charge on any atom is 0.180 e. The minimum atomic E-state index is -1.44. The SMILES string of the molecule is CP(C)(=S)NC#N. The van der Waals surface area contributed by atoms with Crippen LogP contribution in [0.5, 0.6) is 0 Å². The van der Waals surface area contributed by atoms with Crippen LogP contribution < -0.4 is 5.09 Å². The molecule has 0 heterocycles. The van der Waals surface area contributed by atoms with Crippen molar-refractivity contribution in [2.75, 3.05) is 13.3 Å². The Balaban J connectivity index is 3.65. The summed E-state index contributed by atoms with van der Waals surface area (Å²) in [6.45, 7) is 3.73. The summed E-state index contributed by atoms with van der Waals surface area (Å²) < 4.78 is 0. The molecular formula is C3H7N2PS. The number of rotatable bonds is 1. The largest absolute Gasteiger partial charge is 0.295 e. The lowest BCUT2D eigenvalue weighted by atomic mass is 11.5. The summed E-state index contributed by atoms with van der Waals surface area (Å²) in [5.74, 6) is 0. The average molecular weight is 134 g/mol. The van der Waals surface area contributed by atoms with Gasteiger partial charge in [0.2, 0.25) is 0 Å².